The van der Waals surface area contributed by atoms with E-state index in [2.05, 4.69) is 114 Å². The molecule has 7 aromatic rings. The first-order chi connectivity index (χ1) is 19.8. The quantitative estimate of drug-likeness (QED) is 0.195. The molecule has 0 amide bonds. The fourth-order valence-electron chi connectivity index (χ4n) is 7.19. The average Bonchev–Trinajstić information content (AvgIpc) is 3.66. The van der Waals surface area contributed by atoms with E-state index in [0.717, 1.165) is 22.2 Å². The summed E-state index contributed by atoms with van der Waals surface area (Å²) >= 11 is 3.62. The van der Waals surface area contributed by atoms with Gasteiger partial charge < -0.3 is 14.0 Å². The molecule has 0 bridgehead atoms. The van der Waals surface area contributed by atoms with Gasteiger partial charge in [0.1, 0.15) is 16.9 Å². The largest absolute Gasteiger partial charge is 0.480 e. The van der Waals surface area contributed by atoms with Crippen molar-refractivity contribution >= 4 is 72.6 Å². The molecule has 0 saturated carbocycles. The molecule has 188 valence electrons. The topological polar surface area (TPSA) is 23.4 Å². The number of aromatic nitrogens is 1. The lowest BCUT2D eigenvalue weighted by molar-refractivity contribution is 0.279. The van der Waals surface area contributed by atoms with Gasteiger partial charge in [0.05, 0.1) is 16.7 Å². The van der Waals surface area contributed by atoms with E-state index in [0.29, 0.717) is 0 Å². The van der Waals surface area contributed by atoms with E-state index in [1.165, 1.54) is 53.3 Å². The summed E-state index contributed by atoms with van der Waals surface area (Å²) in [6.07, 6.45) is 0. The first-order valence-corrected chi connectivity index (χ1v) is 15.3. The van der Waals surface area contributed by atoms with E-state index in [9.17, 15) is 0 Å². The number of rotatable bonds is 1. The minimum absolute atomic E-state index is 0.0146. The van der Waals surface area contributed by atoms with E-state index in [-0.39, 0.29) is 18.0 Å². The Balaban J connectivity index is 1.27. The summed E-state index contributed by atoms with van der Waals surface area (Å²) in [7, 11) is 0. The van der Waals surface area contributed by atoms with Gasteiger partial charge in [-0.2, -0.15) is 0 Å². The van der Waals surface area contributed by atoms with Crippen molar-refractivity contribution < 1.29 is 9.47 Å². The van der Waals surface area contributed by atoms with Crippen molar-refractivity contribution in [2.24, 2.45) is 0 Å². The molecule has 3 aliphatic heterocycles. The molecule has 2 unspecified atom stereocenters. The molecule has 40 heavy (non-hydrogen) atoms. The fourth-order valence-corrected chi connectivity index (χ4v) is 9.65. The molecule has 0 fully saturated rings. The molecule has 0 saturated heterocycles. The van der Waals surface area contributed by atoms with Gasteiger partial charge in [-0.05, 0) is 40.7 Å². The zero-order valence-electron chi connectivity index (χ0n) is 21.2. The molecule has 0 aliphatic carbocycles. The normalized spacial score (nSPS) is 18.2. The highest BCUT2D eigenvalue weighted by Crippen LogP contribution is 2.53. The summed E-state index contributed by atoms with van der Waals surface area (Å²) < 4.78 is 17.4. The molecule has 6 heteroatoms. The Morgan fingerprint density at radius 2 is 1.35 bits per heavy atom. The first kappa shape index (κ1) is 21.7. The first-order valence-electron chi connectivity index (χ1n) is 13.6. The van der Waals surface area contributed by atoms with Gasteiger partial charge in [0, 0.05) is 43.8 Å². The third kappa shape index (κ3) is 2.73. The minimum Gasteiger partial charge on any atom is -0.480 e. The third-order valence-electron chi connectivity index (χ3n) is 8.77. The van der Waals surface area contributed by atoms with Crippen LogP contribution in [0.25, 0.3) is 37.6 Å². The molecule has 2 aromatic heterocycles. The van der Waals surface area contributed by atoms with Gasteiger partial charge in [-0.25, -0.2) is 0 Å². The number of hydrogen-bond donors (Lipinski definition) is 0. The maximum atomic E-state index is 6.92. The second kappa shape index (κ2) is 7.75. The van der Waals surface area contributed by atoms with Crippen molar-refractivity contribution in [1.29, 1.82) is 0 Å². The highest BCUT2D eigenvalue weighted by Gasteiger charge is 2.52. The van der Waals surface area contributed by atoms with Crippen LogP contribution in [0.4, 0.5) is 0 Å². The lowest BCUT2D eigenvalue weighted by Gasteiger charge is -2.38. The van der Waals surface area contributed by atoms with Gasteiger partial charge in [0.25, 0.3) is 0 Å². The lowest BCUT2D eigenvalue weighted by atomic mass is 9.31. The summed E-state index contributed by atoms with van der Waals surface area (Å²) in [6, 6.07) is 39.3. The Morgan fingerprint density at radius 3 is 2.17 bits per heavy atom. The van der Waals surface area contributed by atoms with E-state index < -0.39 is 0 Å². The van der Waals surface area contributed by atoms with Crippen molar-refractivity contribution in [3.05, 3.63) is 115 Å². The van der Waals surface area contributed by atoms with Crippen molar-refractivity contribution in [3.8, 4) is 22.2 Å². The molecule has 0 spiro atoms. The summed E-state index contributed by atoms with van der Waals surface area (Å²) in [6.45, 7) is 0.173. The van der Waals surface area contributed by atoms with Crippen molar-refractivity contribution in [3.63, 3.8) is 0 Å². The molecular weight excluding hydrogens is 529 g/mol. The Morgan fingerprint density at radius 1 is 0.675 bits per heavy atom. The van der Waals surface area contributed by atoms with E-state index in [4.69, 9.17) is 9.47 Å². The number of ether oxygens (including phenoxy) is 2. The Hall–Kier alpha value is -4.13. The molecule has 0 radical (unpaired) electrons. The number of para-hydroxylation sites is 2. The van der Waals surface area contributed by atoms with Crippen LogP contribution >= 0.6 is 23.1 Å². The highest BCUT2D eigenvalue weighted by atomic mass is 32.2. The Labute approximate surface area is 239 Å². The summed E-state index contributed by atoms with van der Waals surface area (Å²) in [4.78, 5) is 1.32. The zero-order chi connectivity index (χ0) is 25.9. The van der Waals surface area contributed by atoms with Crippen molar-refractivity contribution in [2.75, 3.05) is 0 Å². The van der Waals surface area contributed by atoms with Gasteiger partial charge in [-0.1, -0.05) is 95.9 Å². The molecular formula is C34H20BNO2S2. The second-order valence-electron chi connectivity index (χ2n) is 10.8. The van der Waals surface area contributed by atoms with Gasteiger partial charge in [-0.15, -0.1) is 0 Å². The molecule has 0 N–H and O–H groups in total. The molecule has 2 atom stereocenters. The smallest absolute Gasteiger partial charge is 0.238 e. The van der Waals surface area contributed by atoms with Crippen LogP contribution in [0.2, 0.25) is 0 Å². The van der Waals surface area contributed by atoms with Crippen LogP contribution in [0, 0.1) is 0 Å². The van der Waals surface area contributed by atoms with Crippen LogP contribution in [0.3, 0.4) is 0 Å². The maximum absolute atomic E-state index is 6.92. The Kier molecular flexibility index (Phi) is 4.20. The number of nitrogens with zero attached hydrogens (tertiary/aromatic N) is 1. The maximum Gasteiger partial charge on any atom is 0.238 e. The van der Waals surface area contributed by atoms with Crippen LogP contribution < -0.4 is 20.4 Å². The van der Waals surface area contributed by atoms with Crippen LogP contribution in [0.15, 0.2) is 114 Å². The predicted octanol–water partition coefficient (Wildman–Crippen LogP) is 7.86. The predicted molar refractivity (Wildman–Crippen MR) is 167 cm³/mol. The fraction of sp³-hybridized carbons (Fsp3) is 0.0588. The molecule has 10 rings (SSSR count). The molecule has 3 aliphatic rings. The van der Waals surface area contributed by atoms with Gasteiger partial charge in [0.2, 0.25) is 6.71 Å². The Bertz CT molecular complexity index is 2140. The molecule has 5 heterocycles. The van der Waals surface area contributed by atoms with Crippen LogP contribution in [0.5, 0.6) is 16.6 Å². The van der Waals surface area contributed by atoms with Crippen LogP contribution in [0.1, 0.15) is 11.4 Å². The number of hydrogen-bond acceptors (Lipinski definition) is 4. The highest BCUT2D eigenvalue weighted by molar-refractivity contribution is 8.00. The lowest BCUT2D eigenvalue weighted by Crippen LogP contribution is -2.56. The summed E-state index contributed by atoms with van der Waals surface area (Å²) in [5, 5.41) is 4.81. The van der Waals surface area contributed by atoms with Crippen molar-refractivity contribution in [2.45, 2.75) is 16.1 Å². The zero-order valence-corrected chi connectivity index (χ0v) is 22.8. The number of benzene rings is 5. The molecule has 5 aromatic carbocycles. The van der Waals surface area contributed by atoms with Crippen molar-refractivity contribution in [1.82, 2.24) is 4.57 Å². The average molecular weight is 549 g/mol. The monoisotopic (exact) mass is 549 g/mol. The van der Waals surface area contributed by atoms with E-state index >= 15 is 0 Å². The second-order valence-corrected chi connectivity index (χ2v) is 12.9. The van der Waals surface area contributed by atoms with E-state index in [1.807, 2.05) is 11.8 Å². The molecule has 3 nitrogen and oxygen atoms in total. The minimum atomic E-state index is 0.0146. The summed E-state index contributed by atoms with van der Waals surface area (Å²) in [5.41, 5.74) is 7.32. The van der Waals surface area contributed by atoms with Gasteiger partial charge >= 0.3 is 0 Å². The van der Waals surface area contributed by atoms with Gasteiger partial charge in [0.15, 0.2) is 5.06 Å². The number of thioether (sulfide) groups is 1. The summed E-state index contributed by atoms with van der Waals surface area (Å²) in [5.74, 6) is 2.07. The standard InChI is InChI=1S/C34H20BNO2S2/c1-5-13-24-20(9-1)21-10-2-6-14-25(21)36(24)19-17-26-32-27(18-19)38-34-31(23-12-4-8-16-29(23)40-34)35(32)30-22-11-3-7-15-28(22)39-33(30)37-26/h1-18,30,33H. The van der Waals surface area contributed by atoms with Crippen LogP contribution in [-0.2, 0) is 0 Å². The third-order valence-corrected chi connectivity index (χ3v) is 11.1. The SMILES string of the molecule is c1ccc2c(c1)SC1Oc3cc(-n4c5ccccc5c5ccccc54)cc4c3B(c3c(sc5ccccc35)O4)C21. The van der Waals surface area contributed by atoms with Crippen LogP contribution in [-0.4, -0.2) is 16.7 Å². The van der Waals surface area contributed by atoms with Gasteiger partial charge in [-0.3, -0.25) is 0 Å². The number of fused-ring (bicyclic) bond motifs is 11. The van der Waals surface area contributed by atoms with E-state index in [1.54, 1.807) is 11.3 Å². The number of thiophene rings is 1.